The van der Waals surface area contributed by atoms with E-state index in [-0.39, 0.29) is 17.9 Å². The molecule has 2 saturated heterocycles. The van der Waals surface area contributed by atoms with E-state index in [0.29, 0.717) is 41.4 Å². The summed E-state index contributed by atoms with van der Waals surface area (Å²) in [6, 6.07) is 5.71. The van der Waals surface area contributed by atoms with Crippen molar-refractivity contribution < 1.29 is 9.59 Å². The number of fused-ring (bicyclic) bond motifs is 2. The lowest BCUT2D eigenvalue weighted by molar-refractivity contribution is -0.134. The second-order valence-corrected chi connectivity index (χ2v) is 12.1. The molecule has 3 aliphatic rings. The molecule has 0 saturated carbocycles. The van der Waals surface area contributed by atoms with Gasteiger partial charge in [-0.05, 0) is 101 Å². The topological polar surface area (TPSA) is 79.5 Å². The average molecular weight is 594 g/mol. The zero-order chi connectivity index (χ0) is 25.4. The molecule has 5 rings (SSSR count). The highest BCUT2D eigenvalue weighted by atomic mass is 79.9. The molecule has 2 fully saturated rings. The molecule has 0 unspecified atom stereocenters. The van der Waals surface area contributed by atoms with Gasteiger partial charge < -0.3 is 15.5 Å². The maximum absolute atomic E-state index is 13.1. The SMILES string of the molecule is NC(=O)N1CCC(CC(=O)N2CCC([C@H]3c4ncc(Br)cc4CCc4cc(Cl)cc(Cl)c43)CC2)CC1. The molecule has 0 spiro atoms. The molecule has 1 aromatic carbocycles. The van der Waals surface area contributed by atoms with E-state index in [2.05, 4.69) is 28.1 Å². The summed E-state index contributed by atoms with van der Waals surface area (Å²) in [6.45, 7) is 2.77. The third-order valence-electron chi connectivity index (χ3n) is 8.17. The van der Waals surface area contributed by atoms with Crippen LogP contribution in [0, 0.1) is 11.8 Å². The minimum absolute atomic E-state index is 0.0887. The first kappa shape index (κ1) is 25.8. The molecule has 2 N–H and O–H groups in total. The van der Waals surface area contributed by atoms with E-state index >= 15 is 0 Å². The number of amides is 3. The molecule has 9 heteroatoms. The highest BCUT2D eigenvalue weighted by Gasteiger charge is 2.37. The summed E-state index contributed by atoms with van der Waals surface area (Å²) >= 11 is 16.8. The highest BCUT2D eigenvalue weighted by Crippen LogP contribution is 2.46. The van der Waals surface area contributed by atoms with E-state index in [9.17, 15) is 9.59 Å². The van der Waals surface area contributed by atoms with Crippen LogP contribution in [0.5, 0.6) is 0 Å². The van der Waals surface area contributed by atoms with E-state index < -0.39 is 0 Å². The molecule has 3 heterocycles. The maximum atomic E-state index is 13.1. The zero-order valence-corrected chi connectivity index (χ0v) is 23.3. The maximum Gasteiger partial charge on any atom is 0.314 e. The van der Waals surface area contributed by atoms with Gasteiger partial charge in [-0.1, -0.05) is 23.2 Å². The number of halogens is 3. The van der Waals surface area contributed by atoms with Crippen LogP contribution in [0.1, 0.15) is 60.4 Å². The first-order valence-corrected chi connectivity index (χ1v) is 14.3. The smallest absolute Gasteiger partial charge is 0.314 e. The molecular weight excluding hydrogens is 563 g/mol. The molecule has 1 atom stereocenters. The van der Waals surface area contributed by atoms with Crippen LogP contribution in [-0.4, -0.2) is 52.9 Å². The van der Waals surface area contributed by atoms with Gasteiger partial charge in [0.15, 0.2) is 0 Å². The number of aryl methyl sites for hydroxylation is 2. The lowest BCUT2D eigenvalue weighted by atomic mass is 9.76. The normalized spacial score (nSPS) is 21.0. The number of primary amides is 1. The number of carbonyl (C=O) groups excluding carboxylic acids is 2. The lowest BCUT2D eigenvalue weighted by Gasteiger charge is -2.38. The van der Waals surface area contributed by atoms with Crippen molar-refractivity contribution >= 4 is 51.1 Å². The molecule has 36 heavy (non-hydrogen) atoms. The van der Waals surface area contributed by atoms with Crippen molar-refractivity contribution in [2.24, 2.45) is 17.6 Å². The van der Waals surface area contributed by atoms with Crippen LogP contribution in [0.15, 0.2) is 28.9 Å². The zero-order valence-electron chi connectivity index (χ0n) is 20.2. The van der Waals surface area contributed by atoms with Crippen LogP contribution >= 0.6 is 39.1 Å². The third-order valence-corrected chi connectivity index (χ3v) is 9.14. The number of benzene rings is 1. The Morgan fingerprint density at radius 3 is 2.33 bits per heavy atom. The summed E-state index contributed by atoms with van der Waals surface area (Å²) < 4.78 is 0.983. The molecule has 6 nitrogen and oxygen atoms in total. The largest absolute Gasteiger partial charge is 0.351 e. The van der Waals surface area contributed by atoms with Crippen molar-refractivity contribution in [3.63, 3.8) is 0 Å². The monoisotopic (exact) mass is 592 g/mol. The van der Waals surface area contributed by atoms with Crippen LogP contribution in [0.3, 0.4) is 0 Å². The number of rotatable bonds is 3. The number of nitrogens with two attached hydrogens (primary N) is 1. The fourth-order valence-corrected chi connectivity index (χ4v) is 7.28. The lowest BCUT2D eigenvalue weighted by Crippen LogP contribution is -2.44. The minimum atomic E-state index is -0.368. The van der Waals surface area contributed by atoms with Crippen molar-refractivity contribution in [2.45, 2.75) is 50.9 Å². The Kier molecular flexibility index (Phi) is 7.80. The molecule has 1 aliphatic carbocycles. The van der Waals surface area contributed by atoms with E-state index in [0.717, 1.165) is 67.3 Å². The van der Waals surface area contributed by atoms with Crippen molar-refractivity contribution in [1.82, 2.24) is 14.8 Å². The quantitative estimate of drug-likeness (QED) is 0.488. The van der Waals surface area contributed by atoms with Crippen molar-refractivity contribution in [1.29, 1.82) is 0 Å². The van der Waals surface area contributed by atoms with Gasteiger partial charge in [0, 0.05) is 59.2 Å². The van der Waals surface area contributed by atoms with E-state index in [1.807, 2.05) is 17.2 Å². The van der Waals surface area contributed by atoms with E-state index in [1.165, 1.54) is 11.1 Å². The number of nitrogens with zero attached hydrogens (tertiary/aromatic N) is 3. The minimum Gasteiger partial charge on any atom is -0.351 e. The molecule has 192 valence electrons. The summed E-state index contributed by atoms with van der Waals surface area (Å²) in [7, 11) is 0. The Morgan fingerprint density at radius 1 is 0.972 bits per heavy atom. The van der Waals surface area contributed by atoms with Gasteiger partial charge in [-0.2, -0.15) is 0 Å². The predicted molar refractivity (Wildman–Crippen MR) is 145 cm³/mol. The molecule has 0 bridgehead atoms. The highest BCUT2D eigenvalue weighted by molar-refractivity contribution is 9.10. The summed E-state index contributed by atoms with van der Waals surface area (Å²) in [4.78, 5) is 33.1. The summed E-state index contributed by atoms with van der Waals surface area (Å²) in [5.74, 6) is 0.971. The van der Waals surface area contributed by atoms with Gasteiger partial charge >= 0.3 is 6.03 Å². The fraction of sp³-hybridized carbons (Fsp3) is 0.519. The number of likely N-dealkylation sites (tertiary alicyclic amines) is 2. The number of piperidine rings is 2. The second-order valence-electron chi connectivity index (χ2n) is 10.3. The Balaban J connectivity index is 1.31. The number of hydrogen-bond acceptors (Lipinski definition) is 3. The van der Waals surface area contributed by atoms with Gasteiger partial charge in [0.25, 0.3) is 0 Å². The van der Waals surface area contributed by atoms with Crippen molar-refractivity contribution in [3.05, 3.63) is 61.3 Å². The van der Waals surface area contributed by atoms with Crippen LogP contribution in [0.25, 0.3) is 0 Å². The van der Waals surface area contributed by atoms with Gasteiger partial charge in [0.2, 0.25) is 5.91 Å². The molecule has 2 aromatic rings. The van der Waals surface area contributed by atoms with Gasteiger partial charge in [-0.25, -0.2) is 4.79 Å². The van der Waals surface area contributed by atoms with Crippen LogP contribution in [0.2, 0.25) is 10.0 Å². The summed E-state index contributed by atoms with van der Waals surface area (Å²) in [6.07, 6.45) is 7.69. The van der Waals surface area contributed by atoms with Gasteiger partial charge in [-0.15, -0.1) is 0 Å². The van der Waals surface area contributed by atoms with Crippen molar-refractivity contribution in [2.75, 3.05) is 26.2 Å². The Bertz CT molecular complexity index is 1160. The van der Waals surface area contributed by atoms with Crippen LogP contribution in [-0.2, 0) is 17.6 Å². The predicted octanol–water partition coefficient (Wildman–Crippen LogP) is 5.80. The fourth-order valence-electron chi connectivity index (χ4n) is 6.25. The summed E-state index contributed by atoms with van der Waals surface area (Å²) in [5, 5.41) is 1.38. The van der Waals surface area contributed by atoms with Crippen LogP contribution < -0.4 is 5.73 Å². The molecular formula is C27H31BrCl2N4O2. The molecule has 1 aromatic heterocycles. The number of carbonyl (C=O) groups is 2. The average Bonchev–Trinajstić information content (AvgIpc) is 3.01. The molecule has 2 aliphatic heterocycles. The number of aromatic nitrogens is 1. The van der Waals surface area contributed by atoms with E-state index in [1.54, 1.807) is 4.90 Å². The van der Waals surface area contributed by atoms with Gasteiger partial charge in [-0.3, -0.25) is 9.78 Å². The summed E-state index contributed by atoms with van der Waals surface area (Å²) in [5.41, 5.74) is 10.1. The van der Waals surface area contributed by atoms with Crippen molar-refractivity contribution in [3.8, 4) is 0 Å². The van der Waals surface area contributed by atoms with Crippen LogP contribution in [0.4, 0.5) is 4.79 Å². The third kappa shape index (κ3) is 5.39. The Labute approximate surface area is 230 Å². The number of hydrogen-bond donors (Lipinski definition) is 1. The van der Waals surface area contributed by atoms with Gasteiger partial charge in [0.1, 0.15) is 0 Å². The second kappa shape index (κ2) is 10.9. The Morgan fingerprint density at radius 2 is 1.64 bits per heavy atom. The number of pyridine rings is 1. The first-order valence-electron chi connectivity index (χ1n) is 12.7. The molecule has 0 radical (unpaired) electrons. The number of urea groups is 1. The van der Waals surface area contributed by atoms with Gasteiger partial charge in [0.05, 0.1) is 5.69 Å². The molecule has 3 amide bonds. The van der Waals surface area contributed by atoms with E-state index in [4.69, 9.17) is 33.9 Å². The Hall–Kier alpha value is -1.83. The standard InChI is InChI=1S/C27H31BrCl2N4O2/c28-20-12-19-2-1-18-13-21(29)14-22(30)24(18)25(26(19)32-15-20)17-5-9-33(10-6-17)23(35)11-16-3-7-34(8-4-16)27(31)36/h12-17,25H,1-11H2,(H2,31,36)/t25-/m1/s1. The first-order chi connectivity index (χ1) is 17.3.